The van der Waals surface area contributed by atoms with Crippen molar-refractivity contribution in [1.82, 2.24) is 5.43 Å². The molecule has 6 heteroatoms. The van der Waals surface area contributed by atoms with Crippen LogP contribution in [0.25, 0.3) is 0 Å². The van der Waals surface area contributed by atoms with E-state index in [-0.39, 0.29) is 5.91 Å². The van der Waals surface area contributed by atoms with Crippen LogP contribution >= 0.6 is 15.9 Å². The number of hydrazone groups is 1. The molecule has 2 aromatic carbocycles. The van der Waals surface area contributed by atoms with Crippen molar-refractivity contribution in [3.63, 3.8) is 0 Å². The minimum Gasteiger partial charge on any atom is -0.496 e. The molecule has 23 heavy (non-hydrogen) atoms. The first-order valence-corrected chi connectivity index (χ1v) is 7.83. The molecule has 2 aromatic rings. The summed E-state index contributed by atoms with van der Waals surface area (Å²) in [5.74, 6) is 0.844. The first-order valence-electron chi connectivity index (χ1n) is 7.04. The molecule has 0 heterocycles. The molecule has 0 atom stereocenters. The summed E-state index contributed by atoms with van der Waals surface area (Å²) in [4.78, 5) is 12.2. The fourth-order valence-corrected chi connectivity index (χ4v) is 2.31. The van der Waals surface area contributed by atoms with E-state index in [9.17, 15) is 4.79 Å². The van der Waals surface area contributed by atoms with E-state index < -0.39 is 0 Å². The Hall–Kier alpha value is -2.34. The lowest BCUT2D eigenvalue weighted by Gasteiger charge is -2.08. The lowest BCUT2D eigenvalue weighted by molar-refractivity contribution is 0.0952. The number of para-hydroxylation sites is 1. The molecule has 0 saturated heterocycles. The van der Waals surface area contributed by atoms with Gasteiger partial charge in [0.1, 0.15) is 11.5 Å². The largest absolute Gasteiger partial charge is 0.496 e. The van der Waals surface area contributed by atoms with Gasteiger partial charge in [0.15, 0.2) is 0 Å². The van der Waals surface area contributed by atoms with E-state index in [0.29, 0.717) is 23.7 Å². The van der Waals surface area contributed by atoms with Crippen LogP contribution in [0, 0.1) is 0 Å². The standard InChI is InChI=1S/C17H17BrN2O3/c1-3-23-15-7-5-4-6-12(15)11-19-20-17(21)14-10-13(18)8-9-16(14)22-2/h4-11H,3H2,1-2H3,(H,20,21)/b19-11-. The van der Waals surface area contributed by atoms with Crippen LogP contribution in [-0.4, -0.2) is 25.8 Å². The second kappa shape index (κ2) is 8.33. The van der Waals surface area contributed by atoms with Gasteiger partial charge in [0, 0.05) is 10.0 Å². The Morgan fingerprint density at radius 2 is 2.04 bits per heavy atom. The summed E-state index contributed by atoms with van der Waals surface area (Å²) < 4.78 is 11.5. The molecule has 120 valence electrons. The average Bonchev–Trinajstić information content (AvgIpc) is 2.56. The molecule has 1 amide bonds. The predicted octanol–water partition coefficient (Wildman–Crippen LogP) is 3.62. The summed E-state index contributed by atoms with van der Waals surface area (Å²) in [6, 6.07) is 12.7. The number of ether oxygens (including phenoxy) is 2. The monoisotopic (exact) mass is 376 g/mol. The van der Waals surface area contributed by atoms with Crippen molar-refractivity contribution in [2.24, 2.45) is 5.10 Å². The van der Waals surface area contributed by atoms with Gasteiger partial charge in [-0.15, -0.1) is 0 Å². The molecular formula is C17H17BrN2O3. The molecule has 1 N–H and O–H groups in total. The molecule has 0 radical (unpaired) electrons. The summed E-state index contributed by atoms with van der Waals surface area (Å²) >= 11 is 3.33. The molecule has 5 nitrogen and oxygen atoms in total. The van der Waals surface area contributed by atoms with Crippen molar-refractivity contribution in [3.05, 3.63) is 58.1 Å². The molecule has 0 saturated carbocycles. The van der Waals surface area contributed by atoms with Crippen LogP contribution in [-0.2, 0) is 0 Å². The quantitative estimate of drug-likeness (QED) is 0.618. The second-order valence-electron chi connectivity index (χ2n) is 4.51. The maximum absolute atomic E-state index is 12.2. The van der Waals surface area contributed by atoms with Crippen molar-refractivity contribution in [2.75, 3.05) is 13.7 Å². The summed E-state index contributed by atoms with van der Waals surface area (Å²) in [6.07, 6.45) is 1.55. The van der Waals surface area contributed by atoms with Gasteiger partial charge in [-0.05, 0) is 37.3 Å². The third-order valence-corrected chi connectivity index (χ3v) is 3.49. The summed E-state index contributed by atoms with van der Waals surface area (Å²) in [5, 5.41) is 3.99. The third kappa shape index (κ3) is 4.56. The van der Waals surface area contributed by atoms with Crippen LogP contribution in [0.3, 0.4) is 0 Å². The highest BCUT2D eigenvalue weighted by Gasteiger charge is 2.12. The summed E-state index contributed by atoms with van der Waals surface area (Å²) in [7, 11) is 1.52. The number of nitrogens with zero attached hydrogens (tertiary/aromatic N) is 1. The number of hydrogen-bond acceptors (Lipinski definition) is 4. The van der Waals surface area contributed by atoms with E-state index in [1.54, 1.807) is 24.4 Å². The molecular weight excluding hydrogens is 360 g/mol. The smallest absolute Gasteiger partial charge is 0.275 e. The van der Waals surface area contributed by atoms with Gasteiger partial charge in [0.2, 0.25) is 0 Å². The Kier molecular flexibility index (Phi) is 6.17. The number of amides is 1. The maximum atomic E-state index is 12.2. The number of nitrogens with one attached hydrogen (secondary N) is 1. The van der Waals surface area contributed by atoms with Gasteiger partial charge in [-0.2, -0.15) is 5.10 Å². The maximum Gasteiger partial charge on any atom is 0.275 e. The Morgan fingerprint density at radius 1 is 1.26 bits per heavy atom. The first-order chi connectivity index (χ1) is 11.2. The van der Waals surface area contributed by atoms with Gasteiger partial charge in [-0.1, -0.05) is 28.1 Å². The zero-order valence-corrected chi connectivity index (χ0v) is 14.5. The van der Waals surface area contributed by atoms with Crippen LogP contribution in [0.4, 0.5) is 0 Å². The van der Waals surface area contributed by atoms with Crippen molar-refractivity contribution in [3.8, 4) is 11.5 Å². The first kappa shape index (κ1) is 17.0. The number of hydrogen-bond donors (Lipinski definition) is 1. The third-order valence-electron chi connectivity index (χ3n) is 2.99. The molecule has 0 aliphatic carbocycles. The Morgan fingerprint density at radius 3 is 2.78 bits per heavy atom. The summed E-state index contributed by atoms with van der Waals surface area (Å²) in [6.45, 7) is 2.47. The normalized spacial score (nSPS) is 10.6. The van der Waals surface area contributed by atoms with Crippen molar-refractivity contribution in [1.29, 1.82) is 0 Å². The van der Waals surface area contributed by atoms with Gasteiger partial charge in [-0.3, -0.25) is 4.79 Å². The fourth-order valence-electron chi connectivity index (χ4n) is 1.95. The van der Waals surface area contributed by atoms with Crippen LogP contribution in [0.1, 0.15) is 22.8 Å². The molecule has 0 aliphatic heterocycles. The molecule has 0 unspecified atom stereocenters. The van der Waals surface area contributed by atoms with E-state index in [2.05, 4.69) is 26.5 Å². The Bertz CT molecular complexity index is 717. The zero-order valence-electron chi connectivity index (χ0n) is 12.9. The van der Waals surface area contributed by atoms with Crippen LogP contribution in [0.2, 0.25) is 0 Å². The minimum atomic E-state index is -0.353. The highest BCUT2D eigenvalue weighted by atomic mass is 79.9. The van der Waals surface area contributed by atoms with E-state index in [1.807, 2.05) is 31.2 Å². The number of benzene rings is 2. The van der Waals surface area contributed by atoms with Gasteiger partial charge >= 0.3 is 0 Å². The van der Waals surface area contributed by atoms with Crippen molar-refractivity contribution in [2.45, 2.75) is 6.92 Å². The molecule has 0 fully saturated rings. The fraction of sp³-hybridized carbons (Fsp3) is 0.176. The highest BCUT2D eigenvalue weighted by molar-refractivity contribution is 9.10. The number of halogens is 1. The molecule has 0 aromatic heterocycles. The van der Waals surface area contributed by atoms with Crippen LogP contribution < -0.4 is 14.9 Å². The van der Waals surface area contributed by atoms with Crippen molar-refractivity contribution < 1.29 is 14.3 Å². The van der Waals surface area contributed by atoms with E-state index in [1.165, 1.54) is 7.11 Å². The SMILES string of the molecule is CCOc1ccccc1/C=N\NC(=O)c1cc(Br)ccc1OC. The molecule has 0 bridgehead atoms. The zero-order chi connectivity index (χ0) is 16.7. The predicted molar refractivity (Wildman–Crippen MR) is 93.4 cm³/mol. The molecule has 2 rings (SSSR count). The van der Waals surface area contributed by atoms with Crippen LogP contribution in [0.15, 0.2) is 52.0 Å². The average molecular weight is 377 g/mol. The summed E-state index contributed by atoms with van der Waals surface area (Å²) in [5.41, 5.74) is 3.68. The highest BCUT2D eigenvalue weighted by Crippen LogP contribution is 2.22. The number of rotatable bonds is 6. The van der Waals surface area contributed by atoms with E-state index in [4.69, 9.17) is 9.47 Å². The van der Waals surface area contributed by atoms with Crippen LogP contribution in [0.5, 0.6) is 11.5 Å². The number of methoxy groups -OCH3 is 1. The second-order valence-corrected chi connectivity index (χ2v) is 5.43. The Labute approximate surface area is 143 Å². The van der Waals surface area contributed by atoms with Gasteiger partial charge < -0.3 is 9.47 Å². The number of carbonyl (C=O) groups is 1. The lowest BCUT2D eigenvalue weighted by atomic mass is 10.2. The molecule has 0 aliphatic rings. The van der Waals surface area contributed by atoms with Crippen molar-refractivity contribution >= 4 is 28.1 Å². The van der Waals surface area contributed by atoms with E-state index >= 15 is 0 Å². The lowest BCUT2D eigenvalue weighted by Crippen LogP contribution is -2.18. The number of carbonyl (C=O) groups excluding carboxylic acids is 1. The van der Waals surface area contributed by atoms with E-state index in [0.717, 1.165) is 10.0 Å². The Balaban J connectivity index is 2.12. The van der Waals surface area contributed by atoms with Gasteiger partial charge in [0.25, 0.3) is 5.91 Å². The van der Waals surface area contributed by atoms with Gasteiger partial charge in [-0.25, -0.2) is 5.43 Å². The van der Waals surface area contributed by atoms with Gasteiger partial charge in [0.05, 0.1) is 25.5 Å². The topological polar surface area (TPSA) is 59.9 Å². The minimum absolute atomic E-state index is 0.353. The molecule has 0 spiro atoms.